The molecular formula is C13H10BrClN2S. The molecule has 0 saturated carbocycles. The van der Waals surface area contributed by atoms with Crippen molar-refractivity contribution in [2.75, 3.05) is 5.32 Å². The summed E-state index contributed by atoms with van der Waals surface area (Å²) in [6, 6.07) is 9.51. The Morgan fingerprint density at radius 1 is 1.44 bits per heavy atom. The molecule has 92 valence electrons. The van der Waals surface area contributed by atoms with Crippen molar-refractivity contribution < 1.29 is 0 Å². The van der Waals surface area contributed by atoms with E-state index in [2.05, 4.69) is 34.2 Å². The summed E-state index contributed by atoms with van der Waals surface area (Å²) in [5, 5.41) is 15.0. The third kappa shape index (κ3) is 2.86. The molecule has 0 radical (unpaired) electrons. The quantitative estimate of drug-likeness (QED) is 0.832. The SMILES string of the molecule is CC(Nc1cc(Cl)ccc1C#N)c1sccc1Br. The summed E-state index contributed by atoms with van der Waals surface area (Å²) in [7, 11) is 0. The van der Waals surface area contributed by atoms with Crippen LogP contribution in [-0.4, -0.2) is 0 Å². The molecule has 2 nitrogen and oxygen atoms in total. The Morgan fingerprint density at radius 3 is 2.83 bits per heavy atom. The van der Waals surface area contributed by atoms with Crippen molar-refractivity contribution in [3.05, 3.63) is 49.6 Å². The van der Waals surface area contributed by atoms with E-state index in [0.29, 0.717) is 10.6 Å². The monoisotopic (exact) mass is 340 g/mol. The summed E-state index contributed by atoms with van der Waals surface area (Å²) in [5.74, 6) is 0. The summed E-state index contributed by atoms with van der Waals surface area (Å²) in [6.45, 7) is 2.05. The highest BCUT2D eigenvalue weighted by Crippen LogP contribution is 2.32. The number of nitrogens with one attached hydrogen (secondary N) is 1. The van der Waals surface area contributed by atoms with Gasteiger partial charge in [-0.1, -0.05) is 11.6 Å². The largest absolute Gasteiger partial charge is 0.377 e. The minimum atomic E-state index is 0.116. The van der Waals surface area contributed by atoms with Gasteiger partial charge in [0, 0.05) is 14.4 Å². The van der Waals surface area contributed by atoms with Gasteiger partial charge in [-0.15, -0.1) is 11.3 Å². The number of hydrogen-bond donors (Lipinski definition) is 1. The molecule has 0 aliphatic rings. The molecule has 18 heavy (non-hydrogen) atoms. The second-order valence-electron chi connectivity index (χ2n) is 3.80. The number of benzene rings is 1. The first-order chi connectivity index (χ1) is 8.61. The maximum atomic E-state index is 9.07. The fourth-order valence-corrected chi connectivity index (χ4v) is 3.54. The molecule has 2 aromatic rings. The highest BCUT2D eigenvalue weighted by Gasteiger charge is 2.12. The third-order valence-electron chi connectivity index (χ3n) is 2.51. The summed E-state index contributed by atoms with van der Waals surface area (Å²) in [4.78, 5) is 1.19. The molecule has 1 heterocycles. The highest BCUT2D eigenvalue weighted by atomic mass is 79.9. The standard InChI is InChI=1S/C13H10BrClN2S/c1-8(13-11(14)4-5-18-13)17-12-6-10(15)3-2-9(12)7-16/h2-6,8,17H,1H3. The Kier molecular flexibility index (Phi) is 4.28. The normalized spacial score (nSPS) is 11.9. The Labute approximate surface area is 123 Å². The minimum absolute atomic E-state index is 0.116. The van der Waals surface area contributed by atoms with Crippen LogP contribution in [-0.2, 0) is 0 Å². The molecule has 1 aromatic carbocycles. The van der Waals surface area contributed by atoms with E-state index in [4.69, 9.17) is 16.9 Å². The summed E-state index contributed by atoms with van der Waals surface area (Å²) >= 11 is 11.1. The average molecular weight is 342 g/mol. The molecule has 0 aliphatic heterocycles. The van der Waals surface area contributed by atoms with Gasteiger partial charge in [0.25, 0.3) is 0 Å². The smallest absolute Gasteiger partial charge is 0.101 e. The van der Waals surface area contributed by atoms with Crippen LogP contribution in [0, 0.1) is 11.3 Å². The molecule has 5 heteroatoms. The number of halogens is 2. The van der Waals surface area contributed by atoms with Gasteiger partial charge < -0.3 is 5.32 Å². The molecule has 2 rings (SSSR count). The Morgan fingerprint density at radius 2 is 2.22 bits per heavy atom. The van der Waals surface area contributed by atoms with E-state index in [9.17, 15) is 0 Å². The molecule has 1 N–H and O–H groups in total. The van der Waals surface area contributed by atoms with E-state index >= 15 is 0 Å². The summed E-state index contributed by atoms with van der Waals surface area (Å²) < 4.78 is 1.08. The molecule has 1 aromatic heterocycles. The molecule has 0 spiro atoms. The van der Waals surface area contributed by atoms with Gasteiger partial charge in [-0.3, -0.25) is 0 Å². The van der Waals surface area contributed by atoms with Gasteiger partial charge in [0.1, 0.15) is 6.07 Å². The fraction of sp³-hybridized carbons (Fsp3) is 0.154. The first-order valence-corrected chi connectivity index (χ1v) is 7.36. The van der Waals surface area contributed by atoms with E-state index in [0.717, 1.165) is 10.2 Å². The lowest BCUT2D eigenvalue weighted by atomic mass is 10.1. The predicted octanol–water partition coefficient (Wildman–Crippen LogP) is 5.21. The van der Waals surface area contributed by atoms with Crippen LogP contribution in [0.1, 0.15) is 23.4 Å². The Hall–Kier alpha value is -1.02. The minimum Gasteiger partial charge on any atom is -0.377 e. The van der Waals surface area contributed by atoms with Gasteiger partial charge in [0.05, 0.1) is 17.3 Å². The fourth-order valence-electron chi connectivity index (χ4n) is 1.65. The molecule has 0 aliphatic carbocycles. The lowest BCUT2D eigenvalue weighted by Crippen LogP contribution is -2.06. The van der Waals surface area contributed by atoms with Crippen LogP contribution in [0.4, 0.5) is 5.69 Å². The first kappa shape index (κ1) is 13.4. The van der Waals surface area contributed by atoms with Crippen LogP contribution >= 0.6 is 38.9 Å². The van der Waals surface area contributed by atoms with Crippen molar-refractivity contribution in [2.24, 2.45) is 0 Å². The zero-order chi connectivity index (χ0) is 13.1. The molecule has 0 amide bonds. The van der Waals surface area contributed by atoms with E-state index in [1.807, 2.05) is 11.4 Å². The molecule has 1 atom stereocenters. The van der Waals surface area contributed by atoms with E-state index in [1.54, 1.807) is 29.5 Å². The van der Waals surface area contributed by atoms with Gasteiger partial charge in [0.15, 0.2) is 0 Å². The summed E-state index contributed by atoms with van der Waals surface area (Å²) in [6.07, 6.45) is 0. The molecule has 0 saturated heterocycles. The number of rotatable bonds is 3. The van der Waals surface area contributed by atoms with Gasteiger partial charge in [-0.05, 0) is 52.5 Å². The van der Waals surface area contributed by atoms with Gasteiger partial charge >= 0.3 is 0 Å². The van der Waals surface area contributed by atoms with Crippen LogP contribution in [0.15, 0.2) is 34.1 Å². The number of hydrogen-bond acceptors (Lipinski definition) is 3. The van der Waals surface area contributed by atoms with E-state index < -0.39 is 0 Å². The van der Waals surface area contributed by atoms with Crippen LogP contribution in [0.3, 0.4) is 0 Å². The molecule has 1 unspecified atom stereocenters. The van der Waals surface area contributed by atoms with Crippen LogP contribution in [0.25, 0.3) is 0 Å². The third-order valence-corrected chi connectivity index (χ3v) is 4.80. The topological polar surface area (TPSA) is 35.8 Å². The molecule has 0 bridgehead atoms. The van der Waals surface area contributed by atoms with Crippen molar-refractivity contribution in [1.82, 2.24) is 0 Å². The number of nitrogens with zero attached hydrogens (tertiary/aromatic N) is 1. The number of nitriles is 1. The van der Waals surface area contributed by atoms with Gasteiger partial charge in [-0.2, -0.15) is 5.26 Å². The van der Waals surface area contributed by atoms with Crippen LogP contribution in [0.5, 0.6) is 0 Å². The number of thiophene rings is 1. The van der Waals surface area contributed by atoms with Crippen molar-refractivity contribution >= 4 is 44.6 Å². The number of anilines is 1. The predicted molar refractivity (Wildman–Crippen MR) is 80.2 cm³/mol. The molecular weight excluding hydrogens is 332 g/mol. The second-order valence-corrected chi connectivity index (χ2v) is 6.04. The van der Waals surface area contributed by atoms with E-state index in [-0.39, 0.29) is 6.04 Å². The van der Waals surface area contributed by atoms with E-state index in [1.165, 1.54) is 4.88 Å². The van der Waals surface area contributed by atoms with Crippen molar-refractivity contribution in [3.8, 4) is 6.07 Å². The van der Waals surface area contributed by atoms with Gasteiger partial charge in [-0.25, -0.2) is 0 Å². The Balaban J connectivity index is 2.27. The summed E-state index contributed by atoms with van der Waals surface area (Å²) in [5.41, 5.74) is 1.36. The average Bonchev–Trinajstić information content (AvgIpc) is 2.76. The lowest BCUT2D eigenvalue weighted by Gasteiger charge is -2.15. The second kappa shape index (κ2) is 5.75. The van der Waals surface area contributed by atoms with Crippen molar-refractivity contribution in [3.63, 3.8) is 0 Å². The highest BCUT2D eigenvalue weighted by molar-refractivity contribution is 9.10. The maximum absolute atomic E-state index is 9.07. The van der Waals surface area contributed by atoms with Crippen molar-refractivity contribution in [2.45, 2.75) is 13.0 Å². The first-order valence-electron chi connectivity index (χ1n) is 5.31. The molecule has 0 fully saturated rings. The maximum Gasteiger partial charge on any atom is 0.101 e. The Bertz CT molecular complexity index is 603. The zero-order valence-electron chi connectivity index (χ0n) is 9.58. The van der Waals surface area contributed by atoms with Gasteiger partial charge in [0.2, 0.25) is 0 Å². The zero-order valence-corrected chi connectivity index (χ0v) is 12.7. The lowest BCUT2D eigenvalue weighted by molar-refractivity contribution is 0.902. The van der Waals surface area contributed by atoms with Crippen LogP contribution < -0.4 is 5.32 Å². The van der Waals surface area contributed by atoms with Crippen LogP contribution in [0.2, 0.25) is 5.02 Å². The van der Waals surface area contributed by atoms with Crippen molar-refractivity contribution in [1.29, 1.82) is 5.26 Å².